The number of anilines is 1. The molecule has 3 heterocycles. The van der Waals surface area contributed by atoms with E-state index in [4.69, 9.17) is 4.74 Å². The monoisotopic (exact) mass is 558 g/mol. The molecule has 0 saturated heterocycles. The number of likely N-dealkylation sites (N-methyl/N-ethyl adjacent to an activating group) is 1. The Morgan fingerprint density at radius 3 is 2.71 bits per heavy atom. The van der Waals surface area contributed by atoms with Crippen LogP contribution in [0.15, 0.2) is 64.4 Å². The van der Waals surface area contributed by atoms with E-state index in [9.17, 15) is 18.3 Å². The molecule has 9 nitrogen and oxygen atoms in total. The average Bonchev–Trinajstić information content (AvgIpc) is 3.44. The maximum Gasteiger partial charge on any atom is 0.271 e. The van der Waals surface area contributed by atoms with E-state index in [2.05, 4.69) is 14.6 Å². The van der Waals surface area contributed by atoms with E-state index in [1.807, 2.05) is 33.0 Å². The predicted molar refractivity (Wildman–Crippen MR) is 148 cm³/mol. The van der Waals surface area contributed by atoms with Crippen molar-refractivity contribution in [1.29, 1.82) is 0 Å². The number of benzene rings is 1. The van der Waals surface area contributed by atoms with Crippen molar-refractivity contribution in [2.75, 3.05) is 31.5 Å². The molecule has 3 aromatic rings. The van der Waals surface area contributed by atoms with Gasteiger partial charge in [-0.2, -0.15) is 0 Å². The molecular weight excluding hydrogens is 524 g/mol. The highest BCUT2D eigenvalue weighted by Crippen LogP contribution is 2.30. The van der Waals surface area contributed by atoms with Crippen LogP contribution in [0.2, 0.25) is 0 Å². The number of rotatable bonds is 9. The number of aliphatic hydroxyl groups is 1. The minimum atomic E-state index is -3.74. The zero-order valence-electron chi connectivity index (χ0n) is 21.8. The summed E-state index contributed by atoms with van der Waals surface area (Å²) in [7, 11) is -1.72. The Morgan fingerprint density at radius 2 is 2.03 bits per heavy atom. The molecule has 0 bridgehead atoms. The zero-order valence-corrected chi connectivity index (χ0v) is 23.4. The van der Waals surface area contributed by atoms with Gasteiger partial charge in [-0.05, 0) is 61.3 Å². The Labute approximate surface area is 228 Å². The van der Waals surface area contributed by atoms with Crippen LogP contribution in [0.5, 0.6) is 5.75 Å². The number of hydrogen-bond donors (Lipinski definition) is 2. The number of nitrogens with zero attached hydrogens (tertiary/aromatic N) is 3. The van der Waals surface area contributed by atoms with Gasteiger partial charge in [0.2, 0.25) is 5.91 Å². The summed E-state index contributed by atoms with van der Waals surface area (Å²) in [6, 6.07) is 11.9. The number of amides is 1. The molecule has 0 fully saturated rings. The van der Waals surface area contributed by atoms with Crippen LogP contribution in [0.3, 0.4) is 0 Å². The van der Waals surface area contributed by atoms with Gasteiger partial charge in [0.1, 0.15) is 16.1 Å². The van der Waals surface area contributed by atoms with Gasteiger partial charge in [-0.25, -0.2) is 8.42 Å². The lowest BCUT2D eigenvalue weighted by atomic mass is 10.0. The number of fused-ring (bicyclic) bond motifs is 1. The van der Waals surface area contributed by atoms with Crippen LogP contribution >= 0.6 is 11.3 Å². The first-order chi connectivity index (χ1) is 18.2. The fraction of sp³-hybridized carbons (Fsp3) is 0.407. The van der Waals surface area contributed by atoms with Crippen LogP contribution in [-0.2, 0) is 27.8 Å². The van der Waals surface area contributed by atoms with E-state index in [0.717, 1.165) is 16.9 Å². The van der Waals surface area contributed by atoms with E-state index in [1.165, 1.54) is 0 Å². The van der Waals surface area contributed by atoms with Crippen molar-refractivity contribution in [3.05, 3.63) is 71.4 Å². The van der Waals surface area contributed by atoms with Crippen LogP contribution in [0.1, 0.15) is 25.0 Å². The summed E-state index contributed by atoms with van der Waals surface area (Å²) in [5, 5.41) is 11.5. The SMILES string of the molecule is C[C@H]1CN([C@@H](C)CO)C(=O)Cc2cc(NS(=O)(=O)c3cccs3)ccc2O[C@H]1CN(C)Cc1ccncc1. The van der Waals surface area contributed by atoms with Gasteiger partial charge in [-0.15, -0.1) is 11.3 Å². The van der Waals surface area contributed by atoms with Crippen LogP contribution in [-0.4, -0.2) is 73.1 Å². The number of thiophene rings is 1. The zero-order chi connectivity index (χ0) is 27.3. The molecular formula is C27H34N4O5S2. The first-order valence-corrected chi connectivity index (χ1v) is 14.9. The van der Waals surface area contributed by atoms with Crippen molar-refractivity contribution in [2.24, 2.45) is 5.92 Å². The third-order valence-electron chi connectivity index (χ3n) is 6.62. The minimum Gasteiger partial charge on any atom is -0.488 e. The number of hydrogen-bond acceptors (Lipinski definition) is 8. The molecule has 1 aliphatic rings. The fourth-order valence-electron chi connectivity index (χ4n) is 4.50. The number of sulfonamides is 1. The van der Waals surface area contributed by atoms with Crippen LogP contribution in [0.4, 0.5) is 5.69 Å². The molecule has 0 aliphatic carbocycles. The molecule has 3 atom stereocenters. The molecule has 0 spiro atoms. The van der Waals surface area contributed by atoms with Gasteiger partial charge in [0, 0.05) is 49.2 Å². The molecule has 1 aromatic carbocycles. The normalized spacial score (nSPS) is 19.2. The lowest BCUT2D eigenvalue weighted by Crippen LogP contribution is -2.47. The number of carbonyl (C=O) groups is 1. The molecule has 4 rings (SSSR count). The Kier molecular flexibility index (Phi) is 9.03. The Balaban J connectivity index is 1.63. The van der Waals surface area contributed by atoms with Gasteiger partial charge < -0.3 is 14.7 Å². The number of aliphatic hydroxyl groups excluding tert-OH is 1. The van der Waals surface area contributed by atoms with Crippen molar-refractivity contribution in [2.45, 2.75) is 43.2 Å². The maximum atomic E-state index is 13.4. The van der Waals surface area contributed by atoms with Crippen molar-refractivity contribution >= 4 is 33.0 Å². The first-order valence-electron chi connectivity index (χ1n) is 12.5. The Hall–Kier alpha value is -2.99. The summed E-state index contributed by atoms with van der Waals surface area (Å²) in [6.45, 7) is 5.45. The lowest BCUT2D eigenvalue weighted by molar-refractivity contribution is -0.134. The summed E-state index contributed by atoms with van der Waals surface area (Å²) in [5.74, 6) is 0.369. The fourth-order valence-corrected chi connectivity index (χ4v) is 6.55. The van der Waals surface area contributed by atoms with Crippen LogP contribution < -0.4 is 9.46 Å². The quantitative estimate of drug-likeness (QED) is 0.415. The molecule has 204 valence electrons. The highest BCUT2D eigenvalue weighted by molar-refractivity contribution is 7.94. The van der Waals surface area contributed by atoms with Crippen molar-refractivity contribution in [3.8, 4) is 5.75 Å². The standard InChI is InChI=1S/C27H34N4O5S2/c1-19-15-31(20(2)18-32)26(33)14-22-13-23(29-38(34,35)27-5-4-12-37-27)6-7-24(22)36-25(19)17-30(3)16-21-8-10-28-11-9-21/h4-13,19-20,25,29,32H,14-18H2,1-3H3/t19-,20-,25-/m0/s1. The third kappa shape index (κ3) is 6.90. The highest BCUT2D eigenvalue weighted by Gasteiger charge is 2.31. The van der Waals surface area contributed by atoms with E-state index in [0.29, 0.717) is 36.6 Å². The Bertz CT molecular complexity index is 1320. The van der Waals surface area contributed by atoms with Crippen LogP contribution in [0.25, 0.3) is 0 Å². The second-order valence-electron chi connectivity index (χ2n) is 9.80. The highest BCUT2D eigenvalue weighted by atomic mass is 32.2. The average molecular weight is 559 g/mol. The van der Waals surface area contributed by atoms with Gasteiger partial charge in [-0.3, -0.25) is 19.4 Å². The molecule has 1 aliphatic heterocycles. The summed E-state index contributed by atoms with van der Waals surface area (Å²) < 4.78 is 34.9. The molecule has 0 unspecified atom stereocenters. The molecule has 11 heteroatoms. The van der Waals surface area contributed by atoms with Gasteiger partial charge in [0.05, 0.1) is 19.1 Å². The molecule has 1 amide bonds. The first kappa shape index (κ1) is 28.0. The number of ether oxygens (including phenoxy) is 1. The molecule has 0 saturated carbocycles. The third-order valence-corrected chi connectivity index (χ3v) is 9.40. The van der Waals surface area contributed by atoms with E-state index < -0.39 is 10.0 Å². The van der Waals surface area contributed by atoms with E-state index >= 15 is 0 Å². The summed E-state index contributed by atoms with van der Waals surface area (Å²) in [4.78, 5) is 21.3. The van der Waals surface area contributed by atoms with Crippen molar-refractivity contribution in [3.63, 3.8) is 0 Å². The Morgan fingerprint density at radius 1 is 1.26 bits per heavy atom. The summed E-state index contributed by atoms with van der Waals surface area (Å²) in [5.41, 5.74) is 2.08. The van der Waals surface area contributed by atoms with Gasteiger partial charge >= 0.3 is 0 Å². The van der Waals surface area contributed by atoms with E-state index in [-0.39, 0.29) is 41.2 Å². The van der Waals surface area contributed by atoms with Gasteiger partial charge in [-0.1, -0.05) is 13.0 Å². The van der Waals surface area contributed by atoms with Gasteiger partial charge in [0.15, 0.2) is 0 Å². The molecule has 2 aromatic heterocycles. The lowest BCUT2D eigenvalue weighted by Gasteiger charge is -2.34. The largest absolute Gasteiger partial charge is 0.488 e. The number of carbonyl (C=O) groups excluding carboxylic acids is 1. The smallest absolute Gasteiger partial charge is 0.271 e. The van der Waals surface area contributed by atoms with Crippen LogP contribution in [0, 0.1) is 5.92 Å². The molecule has 2 N–H and O–H groups in total. The number of nitrogens with one attached hydrogen (secondary N) is 1. The second kappa shape index (κ2) is 12.2. The van der Waals surface area contributed by atoms with Crippen molar-refractivity contribution in [1.82, 2.24) is 14.8 Å². The summed E-state index contributed by atoms with van der Waals surface area (Å²) in [6.07, 6.45) is 3.31. The number of aromatic nitrogens is 1. The minimum absolute atomic E-state index is 0.0283. The summed E-state index contributed by atoms with van der Waals surface area (Å²) >= 11 is 1.13. The van der Waals surface area contributed by atoms with E-state index in [1.54, 1.807) is 53.0 Å². The van der Waals surface area contributed by atoms with Crippen molar-refractivity contribution < 1.29 is 23.1 Å². The predicted octanol–water partition coefficient (Wildman–Crippen LogP) is 3.22. The molecule has 38 heavy (non-hydrogen) atoms. The second-order valence-corrected chi connectivity index (χ2v) is 12.7. The maximum absolute atomic E-state index is 13.4. The topological polar surface area (TPSA) is 112 Å². The number of pyridine rings is 1. The molecule has 0 radical (unpaired) electrons. The van der Waals surface area contributed by atoms with Gasteiger partial charge in [0.25, 0.3) is 10.0 Å².